The molecule has 17 heavy (non-hydrogen) atoms. The molecule has 4 heteroatoms. The Labute approximate surface area is 108 Å². The lowest BCUT2D eigenvalue weighted by Crippen LogP contribution is -2.19. The van der Waals surface area contributed by atoms with Crippen LogP contribution in [0.2, 0.25) is 0 Å². The number of rotatable bonds is 11. The molecule has 0 atom stereocenters. The fourth-order valence-electron chi connectivity index (χ4n) is 1.34. The van der Waals surface area contributed by atoms with Gasteiger partial charge in [-0.3, -0.25) is 0 Å². The molecule has 0 saturated heterocycles. The third-order valence-electron chi connectivity index (χ3n) is 2.32. The lowest BCUT2D eigenvalue weighted by Gasteiger charge is -2.06. The summed E-state index contributed by atoms with van der Waals surface area (Å²) in [7, 11) is 0. The fraction of sp³-hybridized carbons (Fsp3) is 0.692. The fourth-order valence-corrected chi connectivity index (χ4v) is 2.01. The summed E-state index contributed by atoms with van der Waals surface area (Å²) in [4.78, 5) is 1.37. The smallest absolute Gasteiger partial charge is 0.0701 e. The van der Waals surface area contributed by atoms with Crippen LogP contribution in [0.1, 0.15) is 24.6 Å². The first-order valence-electron chi connectivity index (χ1n) is 6.32. The molecule has 1 heterocycles. The van der Waals surface area contributed by atoms with Gasteiger partial charge in [0.05, 0.1) is 19.8 Å². The van der Waals surface area contributed by atoms with Gasteiger partial charge in [-0.25, -0.2) is 0 Å². The molecular weight excluding hydrogens is 234 g/mol. The zero-order chi connectivity index (χ0) is 12.2. The maximum Gasteiger partial charge on any atom is 0.0701 e. The van der Waals surface area contributed by atoms with E-state index in [1.807, 2.05) is 0 Å². The van der Waals surface area contributed by atoms with E-state index < -0.39 is 0 Å². The highest BCUT2D eigenvalue weighted by Crippen LogP contribution is 2.06. The topological polar surface area (TPSA) is 30.5 Å². The predicted molar refractivity (Wildman–Crippen MR) is 72.6 cm³/mol. The number of hydrogen-bond acceptors (Lipinski definition) is 4. The molecule has 3 nitrogen and oxygen atoms in total. The Balaban J connectivity index is 1.76. The summed E-state index contributed by atoms with van der Waals surface area (Å²) in [6.07, 6.45) is 2.33. The summed E-state index contributed by atoms with van der Waals surface area (Å²) in [6, 6.07) is 4.21. The van der Waals surface area contributed by atoms with Gasteiger partial charge in [0.15, 0.2) is 0 Å². The van der Waals surface area contributed by atoms with Crippen molar-refractivity contribution in [2.24, 2.45) is 0 Å². The summed E-state index contributed by atoms with van der Waals surface area (Å²) in [5.41, 5.74) is 0. The largest absolute Gasteiger partial charge is 0.379 e. The predicted octanol–water partition coefficient (Wildman–Crippen LogP) is 2.67. The molecule has 0 spiro atoms. The van der Waals surface area contributed by atoms with E-state index in [1.165, 1.54) is 11.3 Å². The van der Waals surface area contributed by atoms with Crippen molar-refractivity contribution in [3.05, 3.63) is 22.4 Å². The molecule has 1 aromatic rings. The zero-order valence-electron chi connectivity index (χ0n) is 10.6. The van der Waals surface area contributed by atoms with Crippen LogP contribution in [-0.4, -0.2) is 33.0 Å². The van der Waals surface area contributed by atoms with Crippen LogP contribution < -0.4 is 5.32 Å². The molecule has 0 radical (unpaired) electrons. The highest BCUT2D eigenvalue weighted by atomic mass is 32.1. The lowest BCUT2D eigenvalue weighted by atomic mass is 10.4. The Morgan fingerprint density at radius 3 is 2.71 bits per heavy atom. The molecule has 0 aliphatic rings. The molecule has 1 rings (SSSR count). The van der Waals surface area contributed by atoms with Crippen LogP contribution in [0.25, 0.3) is 0 Å². The van der Waals surface area contributed by atoms with E-state index in [4.69, 9.17) is 9.47 Å². The Morgan fingerprint density at radius 2 is 2.00 bits per heavy atom. The summed E-state index contributed by atoms with van der Waals surface area (Å²) in [5, 5.41) is 5.44. The van der Waals surface area contributed by atoms with Crippen molar-refractivity contribution >= 4 is 11.3 Å². The minimum absolute atomic E-state index is 0.699. The third kappa shape index (κ3) is 8.32. The summed E-state index contributed by atoms with van der Waals surface area (Å²) in [6.45, 7) is 7.02. The maximum absolute atomic E-state index is 5.45. The van der Waals surface area contributed by atoms with Crippen LogP contribution in [0.4, 0.5) is 0 Å². The van der Waals surface area contributed by atoms with Crippen molar-refractivity contribution in [2.45, 2.75) is 26.3 Å². The first-order valence-corrected chi connectivity index (χ1v) is 7.20. The Hall–Kier alpha value is -0.420. The van der Waals surface area contributed by atoms with Crippen LogP contribution in [0.5, 0.6) is 0 Å². The Morgan fingerprint density at radius 1 is 1.18 bits per heavy atom. The molecule has 0 bridgehead atoms. The highest BCUT2D eigenvalue weighted by molar-refractivity contribution is 7.09. The van der Waals surface area contributed by atoms with Crippen molar-refractivity contribution in [1.82, 2.24) is 5.32 Å². The van der Waals surface area contributed by atoms with Gasteiger partial charge < -0.3 is 14.8 Å². The molecular formula is C13H23NO2S. The second-order valence-corrected chi connectivity index (χ2v) is 4.87. The first-order chi connectivity index (χ1) is 8.43. The van der Waals surface area contributed by atoms with Crippen molar-refractivity contribution in [1.29, 1.82) is 0 Å². The van der Waals surface area contributed by atoms with Gasteiger partial charge in [0.1, 0.15) is 0 Å². The monoisotopic (exact) mass is 257 g/mol. The molecule has 0 amide bonds. The average Bonchev–Trinajstić information content (AvgIpc) is 2.85. The van der Waals surface area contributed by atoms with E-state index in [2.05, 4.69) is 29.8 Å². The average molecular weight is 257 g/mol. The SMILES string of the molecule is CCCCOCCOCCNCc1cccs1. The van der Waals surface area contributed by atoms with Crippen LogP contribution in [0, 0.1) is 0 Å². The summed E-state index contributed by atoms with van der Waals surface area (Å²) >= 11 is 1.78. The number of ether oxygens (including phenoxy) is 2. The Kier molecular flexibility index (Phi) is 9.23. The molecule has 0 aromatic carbocycles. The molecule has 0 saturated carbocycles. The van der Waals surface area contributed by atoms with Gasteiger partial charge in [-0.1, -0.05) is 19.4 Å². The number of thiophene rings is 1. The molecule has 1 N–H and O–H groups in total. The van der Waals surface area contributed by atoms with E-state index in [0.29, 0.717) is 13.2 Å². The number of unbranched alkanes of at least 4 members (excludes halogenated alkanes) is 1. The lowest BCUT2D eigenvalue weighted by molar-refractivity contribution is 0.0477. The second-order valence-electron chi connectivity index (χ2n) is 3.83. The van der Waals surface area contributed by atoms with Gasteiger partial charge in [0, 0.05) is 24.6 Å². The molecule has 1 aromatic heterocycles. The molecule has 98 valence electrons. The summed E-state index contributed by atoms with van der Waals surface area (Å²) in [5.74, 6) is 0. The molecule has 0 fully saturated rings. The van der Waals surface area contributed by atoms with Crippen LogP contribution in [-0.2, 0) is 16.0 Å². The van der Waals surface area contributed by atoms with Gasteiger partial charge in [-0.05, 0) is 17.9 Å². The molecule has 0 aliphatic carbocycles. The summed E-state index contributed by atoms with van der Waals surface area (Å²) < 4.78 is 10.8. The number of hydrogen-bond donors (Lipinski definition) is 1. The van der Waals surface area contributed by atoms with Crippen LogP contribution >= 0.6 is 11.3 Å². The van der Waals surface area contributed by atoms with E-state index >= 15 is 0 Å². The number of nitrogens with one attached hydrogen (secondary N) is 1. The van der Waals surface area contributed by atoms with Gasteiger partial charge in [0.25, 0.3) is 0 Å². The van der Waals surface area contributed by atoms with E-state index in [0.717, 1.165) is 32.7 Å². The zero-order valence-corrected chi connectivity index (χ0v) is 11.4. The van der Waals surface area contributed by atoms with Crippen molar-refractivity contribution in [3.63, 3.8) is 0 Å². The van der Waals surface area contributed by atoms with Gasteiger partial charge >= 0.3 is 0 Å². The van der Waals surface area contributed by atoms with E-state index in [-0.39, 0.29) is 0 Å². The van der Waals surface area contributed by atoms with Crippen molar-refractivity contribution < 1.29 is 9.47 Å². The third-order valence-corrected chi connectivity index (χ3v) is 3.19. The van der Waals surface area contributed by atoms with E-state index in [9.17, 15) is 0 Å². The standard InChI is InChI=1S/C13H23NO2S/c1-2-3-7-15-9-10-16-8-6-14-12-13-5-4-11-17-13/h4-5,11,14H,2-3,6-10,12H2,1H3. The quantitative estimate of drug-likeness (QED) is 0.618. The first kappa shape index (κ1) is 14.6. The van der Waals surface area contributed by atoms with Crippen LogP contribution in [0.3, 0.4) is 0 Å². The van der Waals surface area contributed by atoms with Crippen LogP contribution in [0.15, 0.2) is 17.5 Å². The minimum atomic E-state index is 0.699. The van der Waals surface area contributed by atoms with Gasteiger partial charge in [-0.2, -0.15) is 0 Å². The molecule has 0 aliphatic heterocycles. The Bertz CT molecular complexity index is 252. The second kappa shape index (κ2) is 10.7. The van der Waals surface area contributed by atoms with Crippen molar-refractivity contribution in [3.8, 4) is 0 Å². The van der Waals surface area contributed by atoms with Crippen molar-refractivity contribution in [2.75, 3.05) is 33.0 Å². The molecule has 0 unspecified atom stereocenters. The normalized spacial score (nSPS) is 10.9. The highest BCUT2D eigenvalue weighted by Gasteiger charge is 1.93. The minimum Gasteiger partial charge on any atom is -0.379 e. The van der Waals surface area contributed by atoms with Gasteiger partial charge in [-0.15, -0.1) is 11.3 Å². The van der Waals surface area contributed by atoms with E-state index in [1.54, 1.807) is 11.3 Å². The van der Waals surface area contributed by atoms with Gasteiger partial charge in [0.2, 0.25) is 0 Å². The maximum atomic E-state index is 5.45.